The third-order valence-electron chi connectivity index (χ3n) is 19.6. The Kier molecular flexibility index (Phi) is 18.8. The summed E-state index contributed by atoms with van der Waals surface area (Å²) in [5.41, 5.74) is -2.01. The van der Waals surface area contributed by atoms with E-state index in [4.69, 9.17) is 28.4 Å². The number of carbonyl (C=O) groups is 6. The molecule has 7 atom stereocenters. The average Bonchev–Trinajstić information content (AvgIpc) is 4.08. The van der Waals surface area contributed by atoms with Crippen LogP contribution in [0.1, 0.15) is 233 Å². The van der Waals surface area contributed by atoms with Gasteiger partial charge in [0.2, 0.25) is 6.10 Å². The smallest absolute Gasteiger partial charge is 0.347 e. The van der Waals surface area contributed by atoms with Gasteiger partial charge in [-0.25, -0.2) is 4.79 Å². The van der Waals surface area contributed by atoms with Crippen LogP contribution in [0.4, 0.5) is 0 Å². The molecule has 406 valence electrons. The number of rotatable bonds is 15. The first kappa shape index (κ1) is 58.7. The molecule has 71 heavy (non-hydrogen) atoms. The first-order valence-corrected chi connectivity index (χ1v) is 28.2. The third kappa shape index (κ3) is 13.2. The Hall–Kier alpha value is -3.18. The summed E-state index contributed by atoms with van der Waals surface area (Å²) < 4.78 is 32.9. The fourth-order valence-corrected chi connectivity index (χ4v) is 12.7. The Bertz CT molecular complexity index is 1850. The minimum atomic E-state index is -0.687. The Labute approximate surface area is 429 Å². The van der Waals surface area contributed by atoms with Crippen molar-refractivity contribution in [2.45, 2.75) is 262 Å². The molecule has 7 aliphatic carbocycles. The van der Waals surface area contributed by atoms with E-state index in [9.17, 15) is 28.8 Å². The second kappa shape index (κ2) is 22.7. The van der Waals surface area contributed by atoms with Gasteiger partial charge in [0.05, 0.1) is 34.2 Å². The van der Waals surface area contributed by atoms with Gasteiger partial charge in [0, 0.05) is 23.7 Å². The van der Waals surface area contributed by atoms with Crippen LogP contribution in [0.5, 0.6) is 0 Å². The van der Waals surface area contributed by atoms with Gasteiger partial charge in [0.25, 0.3) is 0 Å². The molecule has 2 aliphatic heterocycles. The van der Waals surface area contributed by atoms with Crippen molar-refractivity contribution in [1.82, 2.24) is 0 Å². The summed E-state index contributed by atoms with van der Waals surface area (Å²) in [5, 5.41) is 0. The molecule has 9 aliphatic rings. The van der Waals surface area contributed by atoms with E-state index in [1.807, 2.05) is 62.3 Å². The molecular weight excluding hydrogens is 901 g/mol. The summed E-state index contributed by atoms with van der Waals surface area (Å²) in [6, 6.07) is 0. The molecule has 0 aromatic rings. The van der Waals surface area contributed by atoms with Gasteiger partial charge in [0.1, 0.15) is 23.4 Å². The van der Waals surface area contributed by atoms with Crippen LogP contribution in [0, 0.1) is 68.5 Å². The van der Waals surface area contributed by atoms with Crippen LogP contribution in [-0.4, -0.2) is 71.9 Å². The second-order valence-electron chi connectivity index (χ2n) is 26.6. The zero-order chi connectivity index (χ0) is 53.1. The van der Waals surface area contributed by atoms with Gasteiger partial charge in [-0.3, -0.25) is 24.0 Å². The zero-order valence-corrected chi connectivity index (χ0v) is 47.3. The van der Waals surface area contributed by atoms with E-state index in [0.717, 1.165) is 56.3 Å². The molecule has 9 fully saturated rings. The number of fused-ring (bicyclic) bond motifs is 1. The normalized spacial score (nSPS) is 31.6. The first-order chi connectivity index (χ1) is 32.9. The van der Waals surface area contributed by atoms with E-state index >= 15 is 0 Å². The maximum atomic E-state index is 12.7. The van der Waals surface area contributed by atoms with Gasteiger partial charge in [-0.05, 0) is 196 Å². The van der Waals surface area contributed by atoms with Gasteiger partial charge in [-0.1, -0.05) is 53.9 Å². The SMILES string of the molecule is CCC(C)(C)C(=O)OC(C)(C)C1CCCCC1.CCC(C)(C)C(=O)OC(C)(CC)C12CC3CC(CC(C3)C1)C2.CCC(C)(C)C(=O)OC1C2CC3C(=O)OC1C3C2.CCC(C)(C)C(=O)OC1CCOC1=O. The Morgan fingerprint density at radius 2 is 1.01 bits per heavy atom. The minimum Gasteiger partial charge on any atom is -0.463 e. The molecule has 7 saturated carbocycles. The highest BCUT2D eigenvalue weighted by molar-refractivity contribution is 5.83. The summed E-state index contributed by atoms with van der Waals surface area (Å²) in [6.07, 6.45) is 19.8. The average molecular weight is 999 g/mol. The maximum absolute atomic E-state index is 12.7. The zero-order valence-electron chi connectivity index (χ0n) is 47.3. The molecular formula is C59H98O12. The largest absolute Gasteiger partial charge is 0.463 e. The Morgan fingerprint density at radius 3 is 1.46 bits per heavy atom. The third-order valence-corrected chi connectivity index (χ3v) is 19.6. The highest BCUT2D eigenvalue weighted by Gasteiger charge is 2.64. The lowest BCUT2D eigenvalue weighted by Crippen LogP contribution is -2.59. The molecule has 0 radical (unpaired) electrons. The van der Waals surface area contributed by atoms with Crippen LogP contribution >= 0.6 is 0 Å². The second-order valence-corrected chi connectivity index (χ2v) is 26.6. The van der Waals surface area contributed by atoms with Crippen LogP contribution in [-0.2, 0) is 57.2 Å². The number of hydrogen-bond acceptors (Lipinski definition) is 12. The van der Waals surface area contributed by atoms with E-state index in [1.165, 1.54) is 70.6 Å². The van der Waals surface area contributed by atoms with E-state index in [0.29, 0.717) is 37.2 Å². The van der Waals surface area contributed by atoms with Crippen molar-refractivity contribution in [3.05, 3.63) is 0 Å². The number of hydrogen-bond donors (Lipinski definition) is 0. The lowest BCUT2D eigenvalue weighted by Gasteiger charge is -2.62. The molecule has 0 amide bonds. The molecule has 2 heterocycles. The van der Waals surface area contributed by atoms with Crippen LogP contribution in [0.2, 0.25) is 0 Å². The topological polar surface area (TPSA) is 158 Å². The van der Waals surface area contributed by atoms with E-state index in [1.54, 1.807) is 13.8 Å². The minimum absolute atomic E-state index is 0.00935. The quantitative estimate of drug-likeness (QED) is 0.113. The molecule has 6 bridgehead atoms. The van der Waals surface area contributed by atoms with Crippen molar-refractivity contribution < 1.29 is 57.2 Å². The van der Waals surface area contributed by atoms with Crippen LogP contribution < -0.4 is 0 Å². The van der Waals surface area contributed by atoms with Crippen LogP contribution in [0.3, 0.4) is 0 Å². The van der Waals surface area contributed by atoms with Crippen molar-refractivity contribution in [2.75, 3.05) is 6.61 Å². The van der Waals surface area contributed by atoms with Crippen molar-refractivity contribution in [3.8, 4) is 0 Å². The number of cyclic esters (lactones) is 1. The summed E-state index contributed by atoms with van der Waals surface area (Å²) >= 11 is 0. The van der Waals surface area contributed by atoms with Crippen molar-refractivity contribution in [1.29, 1.82) is 0 Å². The highest BCUT2D eigenvalue weighted by atomic mass is 16.6. The summed E-state index contributed by atoms with van der Waals surface area (Å²) in [4.78, 5) is 71.2. The van der Waals surface area contributed by atoms with E-state index in [-0.39, 0.29) is 75.4 Å². The Morgan fingerprint density at radius 1 is 0.549 bits per heavy atom. The fourth-order valence-electron chi connectivity index (χ4n) is 12.7. The monoisotopic (exact) mass is 999 g/mol. The van der Waals surface area contributed by atoms with Crippen LogP contribution in [0.25, 0.3) is 0 Å². The summed E-state index contributed by atoms with van der Waals surface area (Å²) in [6.45, 7) is 32.3. The fraction of sp³-hybridized carbons (Fsp3) is 0.898. The van der Waals surface area contributed by atoms with Gasteiger partial charge in [-0.2, -0.15) is 0 Å². The molecule has 2 saturated heterocycles. The molecule has 0 N–H and O–H groups in total. The predicted molar refractivity (Wildman–Crippen MR) is 273 cm³/mol. The van der Waals surface area contributed by atoms with Crippen molar-refractivity contribution in [3.63, 3.8) is 0 Å². The van der Waals surface area contributed by atoms with Gasteiger partial charge >= 0.3 is 35.8 Å². The van der Waals surface area contributed by atoms with E-state index < -0.39 is 22.9 Å². The number of ether oxygens (including phenoxy) is 6. The summed E-state index contributed by atoms with van der Waals surface area (Å²) in [5.74, 6) is 2.89. The Balaban J connectivity index is 0.000000178. The lowest BCUT2D eigenvalue weighted by molar-refractivity contribution is -0.212. The molecule has 7 unspecified atom stereocenters. The standard InChI is InChI=1S/C20H34O2.C15H28O2.C14H20O4.C10H16O4/c1-6-18(3,4)17(21)22-19(5,7-2)20-11-14-8-15(12-20)10-16(9-14)13-20;1-6-14(2,3)13(16)17-15(4,5)12-10-8-7-9-11-12;1-4-14(2,3)13(16)18-10-7-5-8-9(6-7)12(15)17-11(8)10;1-4-10(2,3)9(12)14-7-5-6-13-8(7)11/h14-16H,6-13H2,1-5H3;12H,6-11H2,1-5H3;7-11H,4-6H2,1-3H3;7H,4-6H2,1-3H3. The molecule has 9 rings (SSSR count). The van der Waals surface area contributed by atoms with Crippen LogP contribution in [0.15, 0.2) is 0 Å². The molecule has 12 heteroatoms. The van der Waals surface area contributed by atoms with Gasteiger partial charge in [-0.15, -0.1) is 0 Å². The molecule has 0 aromatic heterocycles. The molecule has 0 spiro atoms. The number of esters is 6. The van der Waals surface area contributed by atoms with E-state index in [2.05, 4.69) is 34.6 Å². The van der Waals surface area contributed by atoms with Gasteiger partial charge < -0.3 is 28.4 Å². The molecule has 12 nitrogen and oxygen atoms in total. The highest BCUT2D eigenvalue weighted by Crippen LogP contribution is 2.65. The molecule has 0 aromatic carbocycles. The lowest BCUT2D eigenvalue weighted by atomic mass is 9.45. The maximum Gasteiger partial charge on any atom is 0.347 e. The predicted octanol–water partition coefficient (Wildman–Crippen LogP) is 12.9. The van der Waals surface area contributed by atoms with Crippen molar-refractivity contribution in [2.24, 2.45) is 68.5 Å². The number of carbonyl (C=O) groups excluding carboxylic acids is 6. The first-order valence-electron chi connectivity index (χ1n) is 28.2. The van der Waals surface area contributed by atoms with Gasteiger partial charge in [0.15, 0.2) is 0 Å². The van der Waals surface area contributed by atoms with Crippen molar-refractivity contribution >= 4 is 35.8 Å². The summed E-state index contributed by atoms with van der Waals surface area (Å²) in [7, 11) is 0.